The summed E-state index contributed by atoms with van der Waals surface area (Å²) in [5, 5.41) is 0. The predicted molar refractivity (Wildman–Crippen MR) is 79.9 cm³/mol. The molecule has 0 radical (unpaired) electrons. The molecule has 0 aliphatic rings. The molecule has 0 fully saturated rings. The number of halogens is 1. The van der Waals surface area contributed by atoms with Crippen molar-refractivity contribution in [2.45, 2.75) is 10.6 Å². The topological polar surface area (TPSA) is 44.5 Å². The molecular formula is C15H16FNO2S. The Bertz CT molecular complexity index is 604. The Morgan fingerprint density at radius 2 is 1.90 bits per heavy atom. The lowest BCUT2D eigenvalue weighted by Gasteiger charge is -2.11. The summed E-state index contributed by atoms with van der Waals surface area (Å²) in [5.74, 6) is 1.90. The lowest BCUT2D eigenvalue weighted by molar-refractivity contribution is 0.400. The Hall–Kier alpha value is -1.88. The van der Waals surface area contributed by atoms with Crippen LogP contribution in [0.15, 0.2) is 41.3 Å². The Balaban J connectivity index is 2.17. The van der Waals surface area contributed by atoms with Crippen LogP contribution in [0.4, 0.5) is 10.1 Å². The van der Waals surface area contributed by atoms with E-state index < -0.39 is 0 Å². The number of hydrogen-bond acceptors (Lipinski definition) is 4. The predicted octanol–water partition coefficient (Wildman–Crippen LogP) is 3.72. The molecule has 0 heterocycles. The van der Waals surface area contributed by atoms with Crippen LogP contribution in [0.2, 0.25) is 0 Å². The molecule has 5 heteroatoms. The van der Waals surface area contributed by atoms with Crippen LogP contribution >= 0.6 is 11.8 Å². The van der Waals surface area contributed by atoms with Crippen LogP contribution in [0, 0.1) is 5.82 Å². The van der Waals surface area contributed by atoms with Gasteiger partial charge in [-0.1, -0.05) is 0 Å². The van der Waals surface area contributed by atoms with Crippen molar-refractivity contribution in [2.75, 3.05) is 20.0 Å². The van der Waals surface area contributed by atoms with Gasteiger partial charge >= 0.3 is 0 Å². The van der Waals surface area contributed by atoms with Crippen LogP contribution in [-0.2, 0) is 5.75 Å². The summed E-state index contributed by atoms with van der Waals surface area (Å²) < 4.78 is 23.5. The molecule has 2 rings (SSSR count). The molecule has 0 aliphatic carbocycles. The number of nitrogens with two attached hydrogens (primary N) is 1. The molecule has 3 nitrogen and oxygen atoms in total. The third-order valence-electron chi connectivity index (χ3n) is 2.84. The average Bonchev–Trinajstić information content (AvgIpc) is 2.46. The summed E-state index contributed by atoms with van der Waals surface area (Å²) in [6.45, 7) is 0. The zero-order valence-electron chi connectivity index (χ0n) is 11.4. The first kappa shape index (κ1) is 14.5. The van der Waals surface area contributed by atoms with Crippen molar-refractivity contribution in [1.29, 1.82) is 0 Å². The smallest absolute Gasteiger partial charge is 0.125 e. The molecule has 0 unspecified atom stereocenters. The van der Waals surface area contributed by atoms with E-state index in [-0.39, 0.29) is 5.82 Å². The van der Waals surface area contributed by atoms with Gasteiger partial charge in [0, 0.05) is 21.9 Å². The monoisotopic (exact) mass is 293 g/mol. The SMILES string of the molecule is COc1ccc(OC)c(CSc2ccc(F)cc2N)c1. The van der Waals surface area contributed by atoms with Gasteiger partial charge in [-0.25, -0.2) is 4.39 Å². The number of thioether (sulfide) groups is 1. The highest BCUT2D eigenvalue weighted by Crippen LogP contribution is 2.33. The van der Waals surface area contributed by atoms with Crippen molar-refractivity contribution in [1.82, 2.24) is 0 Å². The average molecular weight is 293 g/mol. The van der Waals surface area contributed by atoms with Crippen molar-refractivity contribution in [2.24, 2.45) is 0 Å². The minimum Gasteiger partial charge on any atom is -0.497 e. The number of ether oxygens (including phenoxy) is 2. The van der Waals surface area contributed by atoms with Crippen LogP contribution in [0.5, 0.6) is 11.5 Å². The third-order valence-corrected chi connectivity index (χ3v) is 3.98. The van der Waals surface area contributed by atoms with Crippen LogP contribution in [0.1, 0.15) is 5.56 Å². The van der Waals surface area contributed by atoms with Gasteiger partial charge in [-0.2, -0.15) is 0 Å². The van der Waals surface area contributed by atoms with Crippen molar-refractivity contribution in [3.05, 3.63) is 47.8 Å². The first-order valence-electron chi connectivity index (χ1n) is 6.02. The molecule has 0 saturated heterocycles. The summed E-state index contributed by atoms with van der Waals surface area (Å²) >= 11 is 1.53. The van der Waals surface area contributed by atoms with Crippen LogP contribution in [0.25, 0.3) is 0 Å². The van der Waals surface area contributed by atoms with Gasteiger partial charge in [-0.3, -0.25) is 0 Å². The van der Waals surface area contributed by atoms with Gasteiger partial charge in [0.05, 0.1) is 14.2 Å². The minimum absolute atomic E-state index is 0.328. The van der Waals surface area contributed by atoms with E-state index in [9.17, 15) is 4.39 Å². The molecule has 2 aromatic rings. The summed E-state index contributed by atoms with van der Waals surface area (Å²) in [6.07, 6.45) is 0. The zero-order valence-corrected chi connectivity index (χ0v) is 12.2. The maximum atomic E-state index is 13.0. The van der Waals surface area contributed by atoms with Gasteiger partial charge in [-0.05, 0) is 36.4 Å². The molecule has 0 bridgehead atoms. The highest BCUT2D eigenvalue weighted by Gasteiger charge is 2.08. The first-order valence-corrected chi connectivity index (χ1v) is 7.01. The fourth-order valence-corrected chi connectivity index (χ4v) is 2.73. The lowest BCUT2D eigenvalue weighted by atomic mass is 10.2. The van der Waals surface area contributed by atoms with E-state index in [4.69, 9.17) is 15.2 Å². The number of nitrogen functional groups attached to an aromatic ring is 1. The first-order chi connectivity index (χ1) is 9.63. The zero-order chi connectivity index (χ0) is 14.5. The third kappa shape index (κ3) is 3.36. The largest absolute Gasteiger partial charge is 0.497 e. The summed E-state index contributed by atoms with van der Waals surface area (Å²) in [7, 11) is 3.25. The van der Waals surface area contributed by atoms with Crippen molar-refractivity contribution >= 4 is 17.4 Å². The quantitative estimate of drug-likeness (QED) is 0.674. The van der Waals surface area contributed by atoms with E-state index >= 15 is 0 Å². The molecule has 0 amide bonds. The normalized spacial score (nSPS) is 10.3. The Labute approximate surface area is 121 Å². The van der Waals surface area contributed by atoms with Gasteiger partial charge in [0.15, 0.2) is 0 Å². The number of methoxy groups -OCH3 is 2. The fraction of sp³-hybridized carbons (Fsp3) is 0.200. The molecule has 2 N–H and O–H groups in total. The minimum atomic E-state index is -0.328. The molecule has 0 spiro atoms. The van der Waals surface area contributed by atoms with Gasteiger partial charge in [0.25, 0.3) is 0 Å². The molecular weight excluding hydrogens is 277 g/mol. The molecule has 2 aromatic carbocycles. The van der Waals surface area contributed by atoms with E-state index in [1.165, 1.54) is 23.9 Å². The molecule has 20 heavy (non-hydrogen) atoms. The van der Waals surface area contributed by atoms with Crippen LogP contribution < -0.4 is 15.2 Å². The van der Waals surface area contributed by atoms with Crippen molar-refractivity contribution in [3.8, 4) is 11.5 Å². The number of anilines is 1. The number of rotatable bonds is 5. The lowest BCUT2D eigenvalue weighted by Crippen LogP contribution is -1.94. The standard InChI is InChI=1S/C15H16FNO2S/c1-18-12-4-5-14(19-2)10(7-12)9-20-15-6-3-11(16)8-13(15)17/h3-8H,9,17H2,1-2H3. The Morgan fingerprint density at radius 3 is 2.55 bits per heavy atom. The van der Waals surface area contributed by atoms with E-state index in [0.29, 0.717) is 11.4 Å². The van der Waals surface area contributed by atoms with E-state index in [2.05, 4.69) is 0 Å². The molecule has 0 aliphatic heterocycles. The van der Waals surface area contributed by atoms with Crippen molar-refractivity contribution in [3.63, 3.8) is 0 Å². The maximum absolute atomic E-state index is 13.0. The Kier molecular flexibility index (Phi) is 4.74. The van der Waals surface area contributed by atoms with E-state index in [0.717, 1.165) is 22.0 Å². The molecule has 0 atom stereocenters. The molecule has 106 valence electrons. The second kappa shape index (κ2) is 6.52. The van der Waals surface area contributed by atoms with E-state index in [1.807, 2.05) is 18.2 Å². The van der Waals surface area contributed by atoms with Gasteiger partial charge in [0.2, 0.25) is 0 Å². The second-order valence-electron chi connectivity index (χ2n) is 4.15. The fourth-order valence-electron chi connectivity index (χ4n) is 1.80. The van der Waals surface area contributed by atoms with Gasteiger partial charge in [-0.15, -0.1) is 11.8 Å². The highest BCUT2D eigenvalue weighted by atomic mass is 32.2. The number of hydrogen-bond donors (Lipinski definition) is 1. The van der Waals surface area contributed by atoms with Gasteiger partial charge in [0.1, 0.15) is 17.3 Å². The molecule has 0 aromatic heterocycles. The summed E-state index contributed by atoms with van der Waals surface area (Å²) in [4.78, 5) is 0.844. The van der Waals surface area contributed by atoms with Crippen molar-refractivity contribution < 1.29 is 13.9 Å². The summed E-state index contributed by atoms with van der Waals surface area (Å²) in [6, 6.07) is 10.0. The Morgan fingerprint density at radius 1 is 1.10 bits per heavy atom. The number of benzene rings is 2. The maximum Gasteiger partial charge on any atom is 0.125 e. The van der Waals surface area contributed by atoms with Gasteiger partial charge < -0.3 is 15.2 Å². The summed E-state index contributed by atoms with van der Waals surface area (Å²) in [5.41, 5.74) is 7.24. The van der Waals surface area contributed by atoms with Crippen LogP contribution in [0.3, 0.4) is 0 Å². The highest BCUT2D eigenvalue weighted by molar-refractivity contribution is 7.98. The van der Waals surface area contributed by atoms with Crippen LogP contribution in [-0.4, -0.2) is 14.2 Å². The molecule has 0 saturated carbocycles. The second-order valence-corrected chi connectivity index (χ2v) is 5.17. The van der Waals surface area contributed by atoms with E-state index in [1.54, 1.807) is 20.3 Å².